The van der Waals surface area contributed by atoms with Crippen LogP contribution in [0.3, 0.4) is 0 Å². The van der Waals surface area contributed by atoms with E-state index in [2.05, 4.69) is 26.6 Å². The number of benzene rings is 1. The van der Waals surface area contributed by atoms with Gasteiger partial charge in [0, 0.05) is 31.2 Å². The molecule has 0 amide bonds. The summed E-state index contributed by atoms with van der Waals surface area (Å²) in [7, 11) is 0. The Morgan fingerprint density at radius 1 is 1.22 bits per heavy atom. The Balaban J connectivity index is 1.80. The molecular weight excluding hydrogens is 226 g/mol. The zero-order valence-corrected chi connectivity index (χ0v) is 10.5. The second-order valence-electron chi connectivity index (χ2n) is 4.73. The van der Waals surface area contributed by atoms with Crippen LogP contribution in [0.1, 0.15) is 24.4 Å². The van der Waals surface area contributed by atoms with Gasteiger partial charge in [-0.15, -0.1) is 0 Å². The fraction of sp³-hybridized carbons (Fsp3) is 0.357. The van der Waals surface area contributed by atoms with Gasteiger partial charge in [-0.05, 0) is 24.6 Å². The third-order valence-corrected chi connectivity index (χ3v) is 3.49. The Labute approximate surface area is 107 Å². The smallest absolute Gasteiger partial charge is 0.128 e. The lowest BCUT2D eigenvalue weighted by Gasteiger charge is -2.29. The third kappa shape index (κ3) is 1.99. The van der Waals surface area contributed by atoms with Crippen LogP contribution in [-0.4, -0.2) is 21.2 Å². The summed E-state index contributed by atoms with van der Waals surface area (Å²) in [5.41, 5.74) is 2.14. The summed E-state index contributed by atoms with van der Waals surface area (Å²) in [6.45, 7) is 4.61. The molecule has 1 atom stereocenters. The summed E-state index contributed by atoms with van der Waals surface area (Å²) in [4.78, 5) is 6.67. The minimum atomic E-state index is -0.403. The number of hydrogen-bond donors (Lipinski definition) is 1. The van der Waals surface area contributed by atoms with Crippen LogP contribution in [0.5, 0.6) is 0 Å². The van der Waals surface area contributed by atoms with Crippen molar-refractivity contribution < 1.29 is 5.11 Å². The minimum Gasteiger partial charge on any atom is -0.389 e. The normalized spacial score (nSPS) is 16.4. The first-order valence-electron chi connectivity index (χ1n) is 6.27. The number of anilines is 1. The van der Waals surface area contributed by atoms with Gasteiger partial charge in [-0.3, -0.25) is 0 Å². The van der Waals surface area contributed by atoms with Gasteiger partial charge in [0.15, 0.2) is 0 Å². The molecule has 94 valence electrons. The molecule has 0 saturated carbocycles. The van der Waals surface area contributed by atoms with Crippen LogP contribution in [0, 0.1) is 0 Å². The van der Waals surface area contributed by atoms with Gasteiger partial charge in [-0.2, -0.15) is 0 Å². The minimum absolute atomic E-state index is 0.403. The molecule has 0 unspecified atom stereocenters. The molecule has 1 aromatic heterocycles. The van der Waals surface area contributed by atoms with Crippen molar-refractivity contribution in [2.24, 2.45) is 0 Å². The average Bonchev–Trinajstić information content (AvgIpc) is 2.86. The number of imidazole rings is 1. The SMILES string of the molecule is C[C@@H](O)c1ccc(N2CCn3ccnc3C2)cc1. The average molecular weight is 243 g/mol. The van der Waals surface area contributed by atoms with E-state index in [0.717, 1.165) is 31.0 Å². The summed E-state index contributed by atoms with van der Waals surface area (Å²) < 4.78 is 2.20. The first-order chi connectivity index (χ1) is 8.74. The standard InChI is InChI=1S/C14H17N3O/c1-11(18)12-2-4-13(5-3-12)17-9-8-16-7-6-15-14(16)10-17/h2-7,11,18H,8-10H2,1H3/t11-/m1/s1. The van der Waals surface area contributed by atoms with E-state index in [-0.39, 0.29) is 0 Å². The number of aromatic nitrogens is 2. The Hall–Kier alpha value is -1.81. The van der Waals surface area contributed by atoms with Crippen LogP contribution < -0.4 is 4.90 Å². The summed E-state index contributed by atoms with van der Waals surface area (Å²) >= 11 is 0. The first kappa shape index (κ1) is 11.3. The maximum absolute atomic E-state index is 9.50. The molecule has 1 aliphatic rings. The van der Waals surface area contributed by atoms with Crippen molar-refractivity contribution in [3.63, 3.8) is 0 Å². The van der Waals surface area contributed by atoms with Gasteiger partial charge in [0.2, 0.25) is 0 Å². The Morgan fingerprint density at radius 2 is 2.00 bits per heavy atom. The Morgan fingerprint density at radius 3 is 2.72 bits per heavy atom. The van der Waals surface area contributed by atoms with E-state index in [4.69, 9.17) is 0 Å². The van der Waals surface area contributed by atoms with E-state index in [0.29, 0.717) is 0 Å². The van der Waals surface area contributed by atoms with Crippen molar-refractivity contribution in [2.45, 2.75) is 26.1 Å². The molecule has 1 aliphatic heterocycles. The number of nitrogens with zero attached hydrogens (tertiary/aromatic N) is 3. The van der Waals surface area contributed by atoms with Gasteiger partial charge in [0.1, 0.15) is 5.82 Å². The van der Waals surface area contributed by atoms with Crippen LogP contribution >= 0.6 is 0 Å². The van der Waals surface area contributed by atoms with Gasteiger partial charge in [-0.25, -0.2) is 4.98 Å². The lowest BCUT2D eigenvalue weighted by Crippen LogP contribution is -2.33. The Kier molecular flexibility index (Phi) is 2.80. The second-order valence-corrected chi connectivity index (χ2v) is 4.73. The fourth-order valence-corrected chi connectivity index (χ4v) is 2.36. The highest BCUT2D eigenvalue weighted by atomic mass is 16.3. The lowest BCUT2D eigenvalue weighted by atomic mass is 10.1. The van der Waals surface area contributed by atoms with Crippen LogP contribution in [0.4, 0.5) is 5.69 Å². The summed E-state index contributed by atoms with van der Waals surface area (Å²) in [6, 6.07) is 8.11. The summed E-state index contributed by atoms with van der Waals surface area (Å²) in [5, 5.41) is 9.50. The molecule has 2 aromatic rings. The highest BCUT2D eigenvalue weighted by Crippen LogP contribution is 2.22. The maximum Gasteiger partial charge on any atom is 0.128 e. The number of aliphatic hydroxyl groups excluding tert-OH is 1. The van der Waals surface area contributed by atoms with E-state index in [1.165, 1.54) is 5.69 Å². The van der Waals surface area contributed by atoms with Gasteiger partial charge in [0.25, 0.3) is 0 Å². The molecule has 0 fully saturated rings. The lowest BCUT2D eigenvalue weighted by molar-refractivity contribution is 0.199. The predicted octanol–water partition coefficient (Wildman–Crippen LogP) is 1.96. The van der Waals surface area contributed by atoms with E-state index < -0.39 is 6.10 Å². The largest absolute Gasteiger partial charge is 0.389 e. The molecule has 0 radical (unpaired) electrons. The van der Waals surface area contributed by atoms with Gasteiger partial charge >= 0.3 is 0 Å². The molecule has 0 saturated heterocycles. The zero-order valence-electron chi connectivity index (χ0n) is 10.5. The number of fused-ring (bicyclic) bond motifs is 1. The predicted molar refractivity (Wildman–Crippen MR) is 70.4 cm³/mol. The molecule has 2 heterocycles. The first-order valence-corrected chi connectivity index (χ1v) is 6.27. The molecule has 4 nitrogen and oxygen atoms in total. The fourth-order valence-electron chi connectivity index (χ4n) is 2.36. The van der Waals surface area contributed by atoms with Crippen molar-refractivity contribution in [3.8, 4) is 0 Å². The van der Waals surface area contributed by atoms with Crippen molar-refractivity contribution in [1.29, 1.82) is 0 Å². The van der Waals surface area contributed by atoms with E-state index >= 15 is 0 Å². The molecule has 3 rings (SSSR count). The molecule has 0 spiro atoms. The highest BCUT2D eigenvalue weighted by molar-refractivity contribution is 5.48. The maximum atomic E-state index is 9.50. The molecule has 0 aliphatic carbocycles. The summed E-state index contributed by atoms with van der Waals surface area (Å²) in [5.74, 6) is 1.11. The third-order valence-electron chi connectivity index (χ3n) is 3.49. The van der Waals surface area contributed by atoms with Gasteiger partial charge < -0.3 is 14.6 Å². The van der Waals surface area contributed by atoms with Gasteiger partial charge in [-0.1, -0.05) is 12.1 Å². The molecule has 1 aromatic carbocycles. The van der Waals surface area contributed by atoms with Crippen LogP contribution in [-0.2, 0) is 13.1 Å². The van der Waals surface area contributed by atoms with Crippen molar-refractivity contribution in [1.82, 2.24) is 9.55 Å². The van der Waals surface area contributed by atoms with Crippen LogP contribution in [0.25, 0.3) is 0 Å². The van der Waals surface area contributed by atoms with E-state index in [9.17, 15) is 5.11 Å². The monoisotopic (exact) mass is 243 g/mol. The van der Waals surface area contributed by atoms with Crippen LogP contribution in [0.15, 0.2) is 36.7 Å². The van der Waals surface area contributed by atoms with E-state index in [1.54, 1.807) is 6.92 Å². The topological polar surface area (TPSA) is 41.3 Å². The Bertz CT molecular complexity index is 530. The van der Waals surface area contributed by atoms with E-state index in [1.807, 2.05) is 24.5 Å². The molecule has 1 N–H and O–H groups in total. The summed E-state index contributed by atoms with van der Waals surface area (Å²) in [6.07, 6.45) is 3.48. The molecule has 0 bridgehead atoms. The van der Waals surface area contributed by atoms with Crippen molar-refractivity contribution >= 4 is 5.69 Å². The van der Waals surface area contributed by atoms with Crippen molar-refractivity contribution in [3.05, 3.63) is 48.0 Å². The number of rotatable bonds is 2. The molecular formula is C14H17N3O. The van der Waals surface area contributed by atoms with Gasteiger partial charge in [0.05, 0.1) is 12.6 Å². The number of hydrogen-bond acceptors (Lipinski definition) is 3. The number of aliphatic hydroxyl groups is 1. The highest BCUT2D eigenvalue weighted by Gasteiger charge is 2.16. The molecule has 18 heavy (non-hydrogen) atoms. The second kappa shape index (κ2) is 4.46. The zero-order chi connectivity index (χ0) is 12.5. The van der Waals surface area contributed by atoms with Crippen molar-refractivity contribution in [2.75, 3.05) is 11.4 Å². The molecule has 4 heteroatoms. The van der Waals surface area contributed by atoms with Crippen LogP contribution in [0.2, 0.25) is 0 Å². The quantitative estimate of drug-likeness (QED) is 0.876.